The Morgan fingerprint density at radius 2 is 2.00 bits per heavy atom. The van der Waals surface area contributed by atoms with Crippen LogP contribution in [-0.4, -0.2) is 25.2 Å². The van der Waals surface area contributed by atoms with Gasteiger partial charge < -0.3 is 9.47 Å². The highest BCUT2D eigenvalue weighted by Crippen LogP contribution is 2.35. The fraction of sp³-hybridized carbons (Fsp3) is 0.429. The normalized spacial score (nSPS) is 17.9. The van der Waals surface area contributed by atoms with Crippen molar-refractivity contribution < 1.29 is 9.47 Å². The van der Waals surface area contributed by atoms with E-state index in [4.69, 9.17) is 9.47 Å². The number of hydrogen-bond donors (Lipinski definition) is 0. The molecule has 0 saturated carbocycles. The van der Waals surface area contributed by atoms with Crippen LogP contribution in [0.25, 0.3) is 0 Å². The van der Waals surface area contributed by atoms with E-state index in [0.717, 1.165) is 24.6 Å². The second-order valence-corrected chi connectivity index (χ2v) is 6.46. The van der Waals surface area contributed by atoms with Crippen molar-refractivity contribution >= 4 is 0 Å². The third-order valence-corrected chi connectivity index (χ3v) is 4.70. The summed E-state index contributed by atoms with van der Waals surface area (Å²) in [5, 5.41) is 0. The van der Waals surface area contributed by atoms with Crippen molar-refractivity contribution in [3.05, 3.63) is 59.2 Å². The van der Waals surface area contributed by atoms with E-state index < -0.39 is 0 Å². The molecular weight excluding hydrogens is 298 g/mol. The first kappa shape index (κ1) is 16.8. The molecule has 2 aromatic rings. The Labute approximate surface area is 145 Å². The zero-order valence-electron chi connectivity index (χ0n) is 14.9. The molecule has 0 N–H and O–H groups in total. The highest BCUT2D eigenvalue weighted by Gasteiger charge is 2.26. The van der Waals surface area contributed by atoms with Crippen molar-refractivity contribution in [2.75, 3.05) is 20.3 Å². The van der Waals surface area contributed by atoms with Gasteiger partial charge in [-0.15, -0.1) is 0 Å². The number of nitrogens with zero attached hydrogens (tertiary/aromatic N) is 1. The maximum Gasteiger partial charge on any atom is 0.161 e. The second-order valence-electron chi connectivity index (χ2n) is 6.46. The first-order chi connectivity index (χ1) is 11.7. The van der Waals surface area contributed by atoms with Crippen LogP contribution < -0.4 is 9.47 Å². The summed E-state index contributed by atoms with van der Waals surface area (Å²) in [5.74, 6) is 1.64. The van der Waals surface area contributed by atoms with E-state index in [0.29, 0.717) is 12.6 Å². The Hall–Kier alpha value is -2.00. The van der Waals surface area contributed by atoms with E-state index in [1.807, 2.05) is 13.0 Å². The lowest BCUT2D eigenvalue weighted by atomic mass is 10.0. The first-order valence-corrected chi connectivity index (χ1v) is 8.81. The van der Waals surface area contributed by atoms with Crippen LogP contribution in [0.5, 0.6) is 11.5 Å². The molecule has 2 aromatic carbocycles. The van der Waals surface area contributed by atoms with Crippen molar-refractivity contribution in [2.24, 2.45) is 0 Å². The van der Waals surface area contributed by atoms with Gasteiger partial charge in [0.15, 0.2) is 11.5 Å². The van der Waals surface area contributed by atoms with Crippen LogP contribution in [0.15, 0.2) is 42.5 Å². The molecule has 0 aliphatic carbocycles. The summed E-state index contributed by atoms with van der Waals surface area (Å²) < 4.78 is 11.1. The molecule has 3 nitrogen and oxygen atoms in total. The van der Waals surface area contributed by atoms with E-state index in [9.17, 15) is 0 Å². The van der Waals surface area contributed by atoms with E-state index in [2.05, 4.69) is 48.2 Å². The van der Waals surface area contributed by atoms with Crippen molar-refractivity contribution in [3.63, 3.8) is 0 Å². The maximum absolute atomic E-state index is 5.62. The van der Waals surface area contributed by atoms with Crippen LogP contribution in [-0.2, 0) is 6.54 Å². The topological polar surface area (TPSA) is 21.7 Å². The van der Waals surface area contributed by atoms with E-state index in [1.54, 1.807) is 7.11 Å². The third-order valence-electron chi connectivity index (χ3n) is 4.70. The number of likely N-dealkylation sites (tertiary alicyclic amines) is 1. The summed E-state index contributed by atoms with van der Waals surface area (Å²) >= 11 is 0. The average molecular weight is 325 g/mol. The quantitative estimate of drug-likeness (QED) is 0.766. The van der Waals surface area contributed by atoms with Gasteiger partial charge in [0.25, 0.3) is 0 Å². The molecule has 0 unspecified atom stereocenters. The molecule has 3 heteroatoms. The molecule has 1 atom stereocenters. The van der Waals surface area contributed by atoms with Crippen LogP contribution in [0.2, 0.25) is 0 Å². The minimum Gasteiger partial charge on any atom is -0.493 e. The van der Waals surface area contributed by atoms with Gasteiger partial charge in [0, 0.05) is 12.6 Å². The molecule has 1 heterocycles. The Morgan fingerprint density at radius 1 is 1.12 bits per heavy atom. The third kappa shape index (κ3) is 3.73. The van der Waals surface area contributed by atoms with E-state index in [1.165, 1.54) is 29.5 Å². The average Bonchev–Trinajstić information content (AvgIpc) is 3.04. The lowest BCUT2D eigenvalue weighted by Gasteiger charge is -2.25. The fourth-order valence-electron chi connectivity index (χ4n) is 3.59. The van der Waals surface area contributed by atoms with Gasteiger partial charge in [-0.25, -0.2) is 0 Å². The predicted molar refractivity (Wildman–Crippen MR) is 97.7 cm³/mol. The summed E-state index contributed by atoms with van der Waals surface area (Å²) in [6.07, 6.45) is 2.49. The Kier molecular flexibility index (Phi) is 5.41. The van der Waals surface area contributed by atoms with Gasteiger partial charge in [-0.3, -0.25) is 4.90 Å². The molecule has 24 heavy (non-hydrogen) atoms. The van der Waals surface area contributed by atoms with Crippen molar-refractivity contribution in [2.45, 2.75) is 39.3 Å². The van der Waals surface area contributed by atoms with Crippen molar-refractivity contribution in [3.8, 4) is 11.5 Å². The van der Waals surface area contributed by atoms with Gasteiger partial charge in [-0.05, 0) is 56.5 Å². The van der Waals surface area contributed by atoms with Crippen molar-refractivity contribution in [1.29, 1.82) is 0 Å². The van der Waals surface area contributed by atoms with Crippen LogP contribution >= 0.6 is 0 Å². The number of aryl methyl sites for hydroxylation is 1. The molecule has 1 aliphatic heterocycles. The summed E-state index contributed by atoms with van der Waals surface area (Å²) in [7, 11) is 1.70. The Bertz CT molecular complexity index is 683. The fourth-order valence-corrected chi connectivity index (χ4v) is 3.59. The standard InChI is InChI=1S/C21H27NO2/c1-4-24-20-11-10-17(14-21(20)23-3)15-22-12-6-9-19(22)18-8-5-7-16(2)13-18/h5,7-8,10-11,13-14,19H,4,6,9,12,15H2,1-3H3/t19-/m0/s1. The Balaban J connectivity index is 1.77. The molecule has 0 radical (unpaired) electrons. The SMILES string of the molecule is CCOc1ccc(CN2CCC[C@H]2c2cccc(C)c2)cc1OC. The number of hydrogen-bond acceptors (Lipinski definition) is 3. The smallest absolute Gasteiger partial charge is 0.161 e. The molecule has 0 spiro atoms. The lowest BCUT2D eigenvalue weighted by molar-refractivity contribution is 0.247. The van der Waals surface area contributed by atoms with Crippen LogP contribution in [0.4, 0.5) is 0 Å². The molecule has 1 saturated heterocycles. The van der Waals surface area contributed by atoms with E-state index in [-0.39, 0.29) is 0 Å². The lowest BCUT2D eigenvalue weighted by Crippen LogP contribution is -2.22. The molecule has 0 aromatic heterocycles. The van der Waals surface area contributed by atoms with Gasteiger partial charge in [-0.1, -0.05) is 35.9 Å². The summed E-state index contributed by atoms with van der Waals surface area (Å²) in [5.41, 5.74) is 4.04. The second kappa shape index (κ2) is 7.71. The van der Waals surface area contributed by atoms with Crippen LogP contribution in [0.1, 0.15) is 42.5 Å². The molecule has 1 fully saturated rings. The summed E-state index contributed by atoms with van der Waals surface area (Å²) in [6, 6.07) is 15.7. The van der Waals surface area contributed by atoms with Crippen LogP contribution in [0.3, 0.4) is 0 Å². The molecule has 3 rings (SSSR count). The Morgan fingerprint density at radius 3 is 2.75 bits per heavy atom. The number of benzene rings is 2. The minimum absolute atomic E-state index is 0.516. The monoisotopic (exact) mass is 325 g/mol. The van der Waals surface area contributed by atoms with Gasteiger partial charge in [-0.2, -0.15) is 0 Å². The minimum atomic E-state index is 0.516. The predicted octanol–water partition coefficient (Wildman–Crippen LogP) is 4.74. The zero-order chi connectivity index (χ0) is 16.9. The largest absolute Gasteiger partial charge is 0.493 e. The molecule has 128 valence electrons. The van der Waals surface area contributed by atoms with Gasteiger partial charge in [0.2, 0.25) is 0 Å². The molecule has 0 amide bonds. The van der Waals surface area contributed by atoms with Gasteiger partial charge >= 0.3 is 0 Å². The molecule has 1 aliphatic rings. The summed E-state index contributed by atoms with van der Waals surface area (Å²) in [6.45, 7) is 6.90. The first-order valence-electron chi connectivity index (χ1n) is 8.81. The molecule has 0 bridgehead atoms. The highest BCUT2D eigenvalue weighted by molar-refractivity contribution is 5.43. The van der Waals surface area contributed by atoms with Gasteiger partial charge in [0.1, 0.15) is 0 Å². The van der Waals surface area contributed by atoms with E-state index >= 15 is 0 Å². The zero-order valence-corrected chi connectivity index (χ0v) is 14.9. The number of rotatable bonds is 6. The van der Waals surface area contributed by atoms with Crippen LogP contribution in [0, 0.1) is 6.92 Å². The van der Waals surface area contributed by atoms with Crippen molar-refractivity contribution in [1.82, 2.24) is 4.90 Å². The summed E-state index contributed by atoms with van der Waals surface area (Å²) in [4.78, 5) is 2.57. The number of methoxy groups -OCH3 is 1. The molecular formula is C21H27NO2. The number of ether oxygens (including phenoxy) is 2. The highest BCUT2D eigenvalue weighted by atomic mass is 16.5. The van der Waals surface area contributed by atoms with Gasteiger partial charge in [0.05, 0.1) is 13.7 Å². The maximum atomic E-state index is 5.62.